The molecule has 0 saturated heterocycles. The summed E-state index contributed by atoms with van der Waals surface area (Å²) in [5.41, 5.74) is 0.961. The maximum atomic E-state index is 12.3. The molecule has 5 nitrogen and oxygen atoms in total. The summed E-state index contributed by atoms with van der Waals surface area (Å²) in [5.74, 6) is 0.271. The highest BCUT2D eigenvalue weighted by molar-refractivity contribution is 6.30. The molecule has 0 spiro atoms. The molecule has 3 rings (SSSR count). The number of nitrogens with zero attached hydrogens (tertiary/aromatic N) is 2. The molecule has 0 fully saturated rings. The molecule has 0 aliphatic heterocycles. The van der Waals surface area contributed by atoms with Gasteiger partial charge in [-0.1, -0.05) is 35.9 Å². The Morgan fingerprint density at radius 1 is 1.23 bits per heavy atom. The molecule has 0 saturated carbocycles. The lowest BCUT2D eigenvalue weighted by Gasteiger charge is -2.23. The van der Waals surface area contributed by atoms with Crippen molar-refractivity contribution in [3.05, 3.63) is 59.1 Å². The zero-order chi connectivity index (χ0) is 18.7. The maximum Gasteiger partial charge on any atom is 0.263 e. The molecule has 26 heavy (non-hydrogen) atoms. The smallest absolute Gasteiger partial charge is 0.263 e. The lowest BCUT2D eigenvalue weighted by molar-refractivity contribution is -0.134. The second-order valence-corrected chi connectivity index (χ2v) is 7.02. The van der Waals surface area contributed by atoms with Crippen molar-refractivity contribution < 1.29 is 9.53 Å². The van der Waals surface area contributed by atoms with Gasteiger partial charge in [0.15, 0.2) is 5.60 Å². The van der Waals surface area contributed by atoms with Crippen LogP contribution in [-0.4, -0.2) is 27.8 Å². The van der Waals surface area contributed by atoms with E-state index in [0.717, 1.165) is 16.5 Å². The predicted molar refractivity (Wildman–Crippen MR) is 104 cm³/mol. The maximum absolute atomic E-state index is 12.3. The Hall–Kier alpha value is -2.53. The molecule has 2 aromatic carbocycles. The van der Waals surface area contributed by atoms with Gasteiger partial charge in [0.1, 0.15) is 0 Å². The number of aromatic nitrogens is 2. The van der Waals surface area contributed by atoms with E-state index in [1.807, 2.05) is 60.1 Å². The minimum absolute atomic E-state index is 0.173. The normalized spacial score (nSPS) is 11.5. The van der Waals surface area contributed by atoms with E-state index in [2.05, 4.69) is 10.4 Å². The molecule has 0 aliphatic rings. The fourth-order valence-corrected chi connectivity index (χ4v) is 2.98. The largest absolute Gasteiger partial charge is 0.460 e. The van der Waals surface area contributed by atoms with E-state index < -0.39 is 5.60 Å². The van der Waals surface area contributed by atoms with Crippen LogP contribution >= 0.6 is 11.6 Å². The van der Waals surface area contributed by atoms with Crippen LogP contribution in [-0.2, 0) is 11.3 Å². The van der Waals surface area contributed by atoms with Gasteiger partial charge in [0.05, 0.1) is 17.4 Å². The van der Waals surface area contributed by atoms with Crippen LogP contribution in [0.4, 0.5) is 0 Å². The summed E-state index contributed by atoms with van der Waals surface area (Å²) in [7, 11) is 0. The Bertz CT molecular complexity index is 934. The first-order valence-electron chi connectivity index (χ1n) is 8.58. The number of carbonyl (C=O) groups excluding carboxylic acids is 1. The second-order valence-electron chi connectivity index (χ2n) is 6.58. The van der Waals surface area contributed by atoms with Crippen LogP contribution in [0.2, 0.25) is 5.02 Å². The van der Waals surface area contributed by atoms with E-state index >= 15 is 0 Å². The Kier molecular flexibility index (Phi) is 5.18. The van der Waals surface area contributed by atoms with Crippen molar-refractivity contribution in [1.82, 2.24) is 15.1 Å². The van der Waals surface area contributed by atoms with E-state index in [-0.39, 0.29) is 5.91 Å². The predicted octanol–water partition coefficient (Wildman–Crippen LogP) is 4.03. The molecule has 0 bridgehead atoms. The Morgan fingerprint density at radius 2 is 2.00 bits per heavy atom. The summed E-state index contributed by atoms with van der Waals surface area (Å²) in [5, 5.41) is 8.96. The highest BCUT2D eigenvalue weighted by atomic mass is 35.5. The van der Waals surface area contributed by atoms with E-state index in [1.165, 1.54) is 0 Å². The molecule has 3 aromatic rings. The van der Waals surface area contributed by atoms with E-state index in [1.54, 1.807) is 13.8 Å². The van der Waals surface area contributed by atoms with Crippen LogP contribution in [0, 0.1) is 0 Å². The number of amides is 1. The first-order valence-corrected chi connectivity index (χ1v) is 8.96. The van der Waals surface area contributed by atoms with Crippen molar-refractivity contribution in [2.45, 2.75) is 32.9 Å². The molecule has 0 radical (unpaired) electrons. The number of benzene rings is 2. The second kappa shape index (κ2) is 7.38. The number of rotatable bonds is 6. The molecular formula is C20H22ClN3O2. The van der Waals surface area contributed by atoms with E-state index in [9.17, 15) is 4.79 Å². The first kappa shape index (κ1) is 18.3. The average Bonchev–Trinajstić information content (AvgIpc) is 2.92. The van der Waals surface area contributed by atoms with Gasteiger partial charge in [-0.15, -0.1) is 5.10 Å². The van der Waals surface area contributed by atoms with Crippen LogP contribution in [0.25, 0.3) is 10.9 Å². The third kappa shape index (κ3) is 3.83. The number of hydrogen-bond donors (Lipinski definition) is 1. The number of halogens is 1. The standard InChI is InChI=1S/C20H22ClN3O2/c1-4-22-19(25)20(2,3)26-18-16-10-5-6-11-17(16)24(23-18)13-14-8-7-9-15(21)12-14/h5-12H,4,13H2,1-3H3,(H,22,25). The quantitative estimate of drug-likeness (QED) is 0.711. The summed E-state index contributed by atoms with van der Waals surface area (Å²) in [4.78, 5) is 12.3. The lowest BCUT2D eigenvalue weighted by Crippen LogP contribution is -2.46. The molecular weight excluding hydrogens is 350 g/mol. The van der Waals surface area contributed by atoms with E-state index in [4.69, 9.17) is 16.3 Å². The Balaban J connectivity index is 1.96. The first-order chi connectivity index (χ1) is 12.4. The summed E-state index contributed by atoms with van der Waals surface area (Å²) >= 11 is 6.09. The topological polar surface area (TPSA) is 56.1 Å². The minimum atomic E-state index is -1.02. The van der Waals surface area contributed by atoms with Gasteiger partial charge in [-0.25, -0.2) is 0 Å². The van der Waals surface area contributed by atoms with Crippen LogP contribution < -0.4 is 10.1 Å². The van der Waals surface area contributed by atoms with Crippen LogP contribution in [0.15, 0.2) is 48.5 Å². The molecule has 1 N–H and O–H groups in total. The number of para-hydroxylation sites is 1. The third-order valence-corrected chi connectivity index (χ3v) is 4.32. The summed E-state index contributed by atoms with van der Waals surface area (Å²) in [6, 6.07) is 15.5. The minimum Gasteiger partial charge on any atom is -0.460 e. The fraction of sp³-hybridized carbons (Fsp3) is 0.300. The third-order valence-electron chi connectivity index (χ3n) is 4.08. The molecule has 6 heteroatoms. The van der Waals surface area contributed by atoms with Crippen LogP contribution in [0.5, 0.6) is 5.88 Å². The molecule has 1 aromatic heterocycles. The highest BCUT2D eigenvalue weighted by Crippen LogP contribution is 2.28. The van der Waals surface area contributed by atoms with Gasteiger partial charge in [0, 0.05) is 11.6 Å². The average molecular weight is 372 g/mol. The van der Waals surface area contributed by atoms with Gasteiger partial charge >= 0.3 is 0 Å². The van der Waals surface area contributed by atoms with Crippen molar-refractivity contribution in [1.29, 1.82) is 0 Å². The fourth-order valence-electron chi connectivity index (χ4n) is 2.76. The zero-order valence-corrected chi connectivity index (χ0v) is 15.9. The molecule has 1 heterocycles. The number of hydrogen-bond acceptors (Lipinski definition) is 3. The van der Waals surface area contributed by atoms with Gasteiger partial charge in [0.25, 0.3) is 5.91 Å². The monoisotopic (exact) mass is 371 g/mol. The molecule has 0 aliphatic carbocycles. The van der Waals surface area contributed by atoms with Crippen molar-refractivity contribution >= 4 is 28.4 Å². The summed E-state index contributed by atoms with van der Waals surface area (Å²) in [6.45, 7) is 6.47. The number of carbonyl (C=O) groups is 1. The summed E-state index contributed by atoms with van der Waals surface area (Å²) < 4.78 is 7.87. The van der Waals surface area contributed by atoms with E-state index in [0.29, 0.717) is 24.0 Å². The van der Waals surface area contributed by atoms with Gasteiger partial charge in [0.2, 0.25) is 5.88 Å². The van der Waals surface area contributed by atoms with Crippen LogP contribution in [0.3, 0.4) is 0 Å². The van der Waals surface area contributed by atoms with Gasteiger partial charge in [-0.05, 0) is 50.6 Å². The van der Waals surface area contributed by atoms with Crippen molar-refractivity contribution in [2.75, 3.05) is 6.54 Å². The number of fused-ring (bicyclic) bond motifs is 1. The lowest BCUT2D eigenvalue weighted by atomic mass is 10.1. The number of nitrogens with one attached hydrogen (secondary N) is 1. The molecule has 0 unspecified atom stereocenters. The molecule has 0 atom stereocenters. The van der Waals surface area contributed by atoms with Gasteiger partial charge in [-0.3, -0.25) is 9.48 Å². The van der Waals surface area contributed by atoms with Gasteiger partial charge in [-0.2, -0.15) is 0 Å². The molecule has 1 amide bonds. The Morgan fingerprint density at radius 3 is 2.73 bits per heavy atom. The van der Waals surface area contributed by atoms with Crippen LogP contribution in [0.1, 0.15) is 26.3 Å². The number of likely N-dealkylation sites (N-methyl/N-ethyl adjacent to an activating group) is 1. The van der Waals surface area contributed by atoms with Crippen molar-refractivity contribution in [3.63, 3.8) is 0 Å². The molecule has 136 valence electrons. The highest BCUT2D eigenvalue weighted by Gasteiger charge is 2.31. The SMILES string of the molecule is CCNC(=O)C(C)(C)Oc1nn(Cc2cccc(Cl)c2)c2ccccc12. The van der Waals surface area contributed by atoms with Crippen molar-refractivity contribution in [2.24, 2.45) is 0 Å². The van der Waals surface area contributed by atoms with Crippen molar-refractivity contribution in [3.8, 4) is 5.88 Å². The number of ether oxygens (including phenoxy) is 1. The zero-order valence-electron chi connectivity index (χ0n) is 15.1. The summed E-state index contributed by atoms with van der Waals surface area (Å²) in [6.07, 6.45) is 0. The van der Waals surface area contributed by atoms with Gasteiger partial charge < -0.3 is 10.1 Å². The Labute approximate surface area is 157 Å².